The zero-order chi connectivity index (χ0) is 25.0. The highest BCUT2D eigenvalue weighted by Crippen LogP contribution is 2.28. The number of amides is 1. The quantitative estimate of drug-likeness (QED) is 0.416. The van der Waals surface area contributed by atoms with E-state index < -0.39 is 0 Å². The maximum absolute atomic E-state index is 13.1. The summed E-state index contributed by atoms with van der Waals surface area (Å²) < 4.78 is 2.15. The topological polar surface area (TPSA) is 65.8 Å². The van der Waals surface area contributed by atoms with Crippen molar-refractivity contribution in [2.24, 2.45) is 11.8 Å². The Labute approximate surface area is 218 Å². The summed E-state index contributed by atoms with van der Waals surface area (Å²) in [7, 11) is 0. The van der Waals surface area contributed by atoms with Gasteiger partial charge in [0.2, 0.25) is 5.91 Å². The Morgan fingerprint density at radius 1 is 0.946 bits per heavy atom. The Hall–Kier alpha value is -3.45. The number of fused-ring (bicyclic) bond motifs is 3. The molecule has 0 aliphatic carbocycles. The predicted octanol–water partition coefficient (Wildman–Crippen LogP) is 4.17. The van der Waals surface area contributed by atoms with Gasteiger partial charge in [0.1, 0.15) is 0 Å². The number of likely N-dealkylation sites (tertiary alicyclic amines) is 1. The zero-order valence-corrected chi connectivity index (χ0v) is 21.4. The molecule has 0 unspecified atom stereocenters. The van der Waals surface area contributed by atoms with Crippen molar-refractivity contribution >= 4 is 28.4 Å². The van der Waals surface area contributed by atoms with Crippen LogP contribution in [-0.2, 0) is 11.2 Å². The number of piperidine rings is 2. The molecule has 0 bridgehead atoms. The largest absolute Gasteiger partial charge is 0.355 e. The van der Waals surface area contributed by atoms with Crippen molar-refractivity contribution in [2.45, 2.75) is 32.1 Å². The van der Waals surface area contributed by atoms with Crippen LogP contribution < -0.4 is 10.2 Å². The lowest BCUT2D eigenvalue weighted by molar-refractivity contribution is -0.125. The smallest absolute Gasteiger partial charge is 0.224 e. The summed E-state index contributed by atoms with van der Waals surface area (Å²) in [6, 6.07) is 19.0. The molecule has 5 heterocycles. The van der Waals surface area contributed by atoms with Crippen LogP contribution in [0.1, 0.15) is 31.2 Å². The predicted molar refractivity (Wildman–Crippen MR) is 148 cm³/mol. The number of hydrogen-bond acceptors (Lipinski definition) is 5. The van der Waals surface area contributed by atoms with Crippen LogP contribution in [0.25, 0.3) is 16.7 Å². The summed E-state index contributed by atoms with van der Waals surface area (Å²) in [6.07, 6.45) is 9.42. The van der Waals surface area contributed by atoms with Gasteiger partial charge in [-0.25, -0.2) is 9.97 Å². The van der Waals surface area contributed by atoms with Crippen LogP contribution in [0.4, 0.5) is 5.82 Å². The van der Waals surface area contributed by atoms with Gasteiger partial charge in [0.05, 0.1) is 17.0 Å². The molecule has 0 radical (unpaired) electrons. The minimum absolute atomic E-state index is 0.0124. The Balaban J connectivity index is 1.01. The number of benzene rings is 1. The average molecular weight is 497 g/mol. The van der Waals surface area contributed by atoms with Crippen molar-refractivity contribution < 1.29 is 4.79 Å². The van der Waals surface area contributed by atoms with Gasteiger partial charge < -0.3 is 19.5 Å². The van der Waals surface area contributed by atoms with Gasteiger partial charge in [-0.1, -0.05) is 30.3 Å². The summed E-state index contributed by atoms with van der Waals surface area (Å²) in [5, 5.41) is 3.24. The van der Waals surface area contributed by atoms with Gasteiger partial charge in [0, 0.05) is 38.6 Å². The van der Waals surface area contributed by atoms with Crippen LogP contribution >= 0.6 is 0 Å². The van der Waals surface area contributed by atoms with Crippen molar-refractivity contribution in [1.82, 2.24) is 24.6 Å². The lowest BCUT2D eigenvalue weighted by Crippen LogP contribution is -2.45. The van der Waals surface area contributed by atoms with Crippen molar-refractivity contribution in [3.8, 4) is 0 Å². The minimum Gasteiger partial charge on any atom is -0.355 e. The molecule has 0 spiro atoms. The number of aromatic nitrogens is 3. The number of anilines is 1. The summed E-state index contributed by atoms with van der Waals surface area (Å²) in [6.45, 7) is 5.51. The monoisotopic (exact) mass is 496 g/mol. The second-order valence-electron chi connectivity index (χ2n) is 10.6. The number of carbonyl (C=O) groups excluding carboxylic acids is 1. The minimum atomic E-state index is -0.0124. The Morgan fingerprint density at radius 2 is 1.78 bits per heavy atom. The van der Waals surface area contributed by atoms with Crippen molar-refractivity contribution in [3.63, 3.8) is 0 Å². The highest BCUT2D eigenvalue weighted by molar-refractivity contribution is 5.84. The number of rotatable bonds is 7. The van der Waals surface area contributed by atoms with Crippen LogP contribution in [-0.4, -0.2) is 64.4 Å². The Bertz CT molecular complexity index is 1340. The maximum Gasteiger partial charge on any atom is 0.224 e. The molecule has 1 N–H and O–H groups in total. The fourth-order valence-corrected chi connectivity index (χ4v) is 6.05. The van der Waals surface area contributed by atoms with Crippen LogP contribution in [0, 0.1) is 11.8 Å². The molecule has 1 atom stereocenters. The molecule has 37 heavy (non-hydrogen) atoms. The van der Waals surface area contributed by atoms with E-state index in [1.54, 1.807) is 6.20 Å². The number of nitrogens with zero attached hydrogens (tertiary/aromatic N) is 5. The van der Waals surface area contributed by atoms with Crippen LogP contribution in [0.3, 0.4) is 0 Å². The second kappa shape index (κ2) is 10.9. The molecule has 3 aromatic heterocycles. The van der Waals surface area contributed by atoms with Crippen LogP contribution in [0.2, 0.25) is 0 Å². The first-order chi connectivity index (χ1) is 18.2. The molecule has 6 rings (SSSR count). The average Bonchev–Trinajstić information content (AvgIpc) is 3.45. The first-order valence-electron chi connectivity index (χ1n) is 13.8. The van der Waals surface area contributed by atoms with E-state index in [1.165, 1.54) is 24.8 Å². The number of nitrogens with one attached hydrogen (secondary N) is 1. The Kier molecular flexibility index (Phi) is 7.04. The van der Waals surface area contributed by atoms with E-state index in [0.717, 1.165) is 74.0 Å². The van der Waals surface area contributed by atoms with Crippen LogP contribution in [0.5, 0.6) is 0 Å². The summed E-state index contributed by atoms with van der Waals surface area (Å²) in [5.41, 5.74) is 4.25. The van der Waals surface area contributed by atoms with Gasteiger partial charge >= 0.3 is 0 Å². The molecule has 2 aliphatic heterocycles. The van der Waals surface area contributed by atoms with E-state index in [2.05, 4.69) is 67.1 Å². The van der Waals surface area contributed by atoms with E-state index in [4.69, 9.17) is 4.98 Å². The van der Waals surface area contributed by atoms with E-state index in [-0.39, 0.29) is 11.8 Å². The maximum atomic E-state index is 13.1. The van der Waals surface area contributed by atoms with Crippen molar-refractivity contribution in [1.29, 1.82) is 0 Å². The highest BCUT2D eigenvalue weighted by atomic mass is 16.1. The van der Waals surface area contributed by atoms with Crippen molar-refractivity contribution in [2.75, 3.05) is 44.2 Å². The molecule has 1 aromatic carbocycles. The molecule has 7 heteroatoms. The molecule has 2 saturated heterocycles. The van der Waals surface area contributed by atoms with E-state index in [9.17, 15) is 4.79 Å². The second-order valence-corrected chi connectivity index (χ2v) is 10.6. The third kappa shape index (κ3) is 5.32. The van der Waals surface area contributed by atoms with E-state index >= 15 is 0 Å². The molecular weight excluding hydrogens is 460 g/mol. The number of hydrogen-bond donors (Lipinski definition) is 1. The third-order valence-electron chi connectivity index (χ3n) is 8.11. The lowest BCUT2D eigenvalue weighted by Gasteiger charge is -2.34. The normalized spacial score (nSPS) is 19.5. The zero-order valence-electron chi connectivity index (χ0n) is 21.4. The molecule has 4 aromatic rings. The van der Waals surface area contributed by atoms with Gasteiger partial charge in [-0.3, -0.25) is 4.79 Å². The van der Waals surface area contributed by atoms with Crippen molar-refractivity contribution in [3.05, 3.63) is 72.6 Å². The number of carbonyl (C=O) groups is 1. The molecular formula is C30H36N6O. The molecule has 0 saturated carbocycles. The van der Waals surface area contributed by atoms with Crippen LogP contribution in [0.15, 0.2) is 67.0 Å². The molecule has 1 amide bonds. The molecule has 7 nitrogen and oxygen atoms in total. The first-order valence-corrected chi connectivity index (χ1v) is 13.8. The summed E-state index contributed by atoms with van der Waals surface area (Å²) in [5.74, 6) is 1.86. The lowest BCUT2D eigenvalue weighted by atomic mass is 9.90. The molecule has 2 fully saturated rings. The fraction of sp³-hybridized carbons (Fsp3) is 0.433. The standard InChI is InChI=1S/C30H36N6O/c37-30(32-15-20-34-18-12-24(13-19-34)21-23-7-2-1-3-8-23)25-9-5-16-35(22-25)29-27-11-6-17-36(27)26-10-4-14-31-28(26)33-29/h1-4,6-8,10-11,14,17,24-25H,5,9,12-13,15-16,18-22H2,(H,32,37)/t25-/m0/s1. The van der Waals surface area contributed by atoms with Gasteiger partial charge in [0.15, 0.2) is 11.5 Å². The van der Waals surface area contributed by atoms with Gasteiger partial charge in [-0.2, -0.15) is 0 Å². The van der Waals surface area contributed by atoms with Gasteiger partial charge in [-0.05, 0) is 80.9 Å². The summed E-state index contributed by atoms with van der Waals surface area (Å²) >= 11 is 0. The first kappa shape index (κ1) is 23.9. The SMILES string of the molecule is O=C(NCCN1CCC(Cc2ccccc2)CC1)[C@H]1CCCN(c2nc3ncccc3n3cccc23)C1. The molecule has 192 valence electrons. The third-order valence-corrected chi connectivity index (χ3v) is 8.11. The van der Waals surface area contributed by atoms with Gasteiger partial charge in [-0.15, -0.1) is 0 Å². The fourth-order valence-electron chi connectivity index (χ4n) is 6.05. The molecule has 2 aliphatic rings. The highest BCUT2D eigenvalue weighted by Gasteiger charge is 2.28. The van der Waals surface area contributed by atoms with E-state index in [0.29, 0.717) is 6.54 Å². The van der Waals surface area contributed by atoms with Gasteiger partial charge in [0.25, 0.3) is 0 Å². The summed E-state index contributed by atoms with van der Waals surface area (Å²) in [4.78, 5) is 27.3. The Morgan fingerprint density at radius 3 is 2.65 bits per heavy atom. The number of pyridine rings is 1. The van der Waals surface area contributed by atoms with E-state index in [1.807, 2.05) is 18.2 Å².